The van der Waals surface area contributed by atoms with Gasteiger partial charge in [0.1, 0.15) is 0 Å². The van der Waals surface area contributed by atoms with E-state index < -0.39 is 0 Å². The van der Waals surface area contributed by atoms with Gasteiger partial charge >= 0.3 is 0 Å². The van der Waals surface area contributed by atoms with Crippen LogP contribution in [0.25, 0.3) is 0 Å². The van der Waals surface area contributed by atoms with Crippen molar-refractivity contribution in [1.82, 2.24) is 0 Å². The Bertz CT molecular complexity index is 610. The monoisotopic (exact) mass is 601 g/mol. The molecule has 2 fully saturated rings. The van der Waals surface area contributed by atoms with Crippen LogP contribution in [0.4, 0.5) is 0 Å². The standard InChI is InChI=1S/C27H46IN.3C2H6/c1-7-23(19(4)10-8-9-18(2)3)27(6)16-14-24-22(25(27)28)12-11-20-17-21(29)13-15-26(20,24)5;3*1-2/h7,14,18-23,25H,1,8-13,15-17,29H2,2-6H3;3*1-2H3. The van der Waals surface area contributed by atoms with Crippen LogP contribution in [0.1, 0.15) is 134 Å². The lowest BCUT2D eigenvalue weighted by atomic mass is 9.49. The van der Waals surface area contributed by atoms with Crippen LogP contribution < -0.4 is 5.73 Å². The van der Waals surface area contributed by atoms with E-state index in [9.17, 15) is 0 Å². The smallest absolute Gasteiger partial charge is 0.0238 e. The topological polar surface area (TPSA) is 26.0 Å². The van der Waals surface area contributed by atoms with E-state index in [1.165, 1.54) is 57.8 Å². The average molecular weight is 602 g/mol. The molecule has 0 bridgehead atoms. The molecule has 35 heavy (non-hydrogen) atoms. The maximum atomic E-state index is 6.36. The van der Waals surface area contributed by atoms with Crippen molar-refractivity contribution in [2.75, 3.05) is 0 Å². The van der Waals surface area contributed by atoms with E-state index in [1.54, 1.807) is 0 Å². The maximum Gasteiger partial charge on any atom is 0.0238 e. The largest absolute Gasteiger partial charge is 0.328 e. The van der Waals surface area contributed by atoms with Crippen molar-refractivity contribution in [1.29, 1.82) is 0 Å². The summed E-state index contributed by atoms with van der Waals surface area (Å²) < 4.78 is 0.712. The van der Waals surface area contributed by atoms with Gasteiger partial charge in [-0.3, -0.25) is 0 Å². The summed E-state index contributed by atoms with van der Waals surface area (Å²) in [4.78, 5) is 0. The van der Waals surface area contributed by atoms with Crippen molar-refractivity contribution in [2.24, 2.45) is 46.2 Å². The van der Waals surface area contributed by atoms with Gasteiger partial charge in [-0.15, -0.1) is 6.58 Å². The van der Waals surface area contributed by atoms with Crippen LogP contribution in [0.2, 0.25) is 0 Å². The fraction of sp³-hybridized carbons (Fsp3) is 0.879. The molecule has 0 aromatic carbocycles. The first-order valence-corrected chi connectivity index (χ1v) is 16.6. The van der Waals surface area contributed by atoms with Crippen molar-refractivity contribution in [3.63, 3.8) is 0 Å². The Labute approximate surface area is 236 Å². The second-order valence-corrected chi connectivity index (χ2v) is 13.0. The predicted octanol–water partition coefficient (Wildman–Crippen LogP) is 11.0. The molecule has 0 aliphatic heterocycles. The third-order valence-electron chi connectivity index (χ3n) is 9.22. The average Bonchev–Trinajstić information content (AvgIpc) is 2.86. The Morgan fingerprint density at radius 1 is 1.03 bits per heavy atom. The van der Waals surface area contributed by atoms with E-state index in [-0.39, 0.29) is 0 Å². The zero-order valence-corrected chi connectivity index (χ0v) is 27.9. The lowest BCUT2D eigenvalue weighted by Crippen LogP contribution is -2.52. The van der Waals surface area contributed by atoms with Gasteiger partial charge in [0, 0.05) is 9.97 Å². The fourth-order valence-electron chi connectivity index (χ4n) is 7.30. The quantitative estimate of drug-likeness (QED) is 0.175. The highest BCUT2D eigenvalue weighted by molar-refractivity contribution is 14.1. The molecule has 0 amide bonds. The van der Waals surface area contributed by atoms with E-state index in [2.05, 4.69) is 75.9 Å². The van der Waals surface area contributed by atoms with E-state index in [0.29, 0.717) is 26.7 Å². The second-order valence-electron chi connectivity index (χ2n) is 11.7. The molecule has 8 atom stereocenters. The van der Waals surface area contributed by atoms with Crippen molar-refractivity contribution in [3.05, 3.63) is 24.3 Å². The number of allylic oxidation sites excluding steroid dienone is 3. The van der Waals surface area contributed by atoms with Crippen LogP contribution in [0, 0.1) is 40.4 Å². The van der Waals surface area contributed by atoms with Gasteiger partial charge in [0.2, 0.25) is 0 Å². The lowest BCUT2D eigenvalue weighted by Gasteiger charge is -2.57. The minimum absolute atomic E-state index is 0.335. The molecule has 1 nitrogen and oxygen atoms in total. The maximum absolute atomic E-state index is 6.36. The molecule has 2 heteroatoms. The van der Waals surface area contributed by atoms with Crippen LogP contribution in [0.5, 0.6) is 0 Å². The van der Waals surface area contributed by atoms with Crippen molar-refractivity contribution in [3.8, 4) is 0 Å². The molecule has 3 aliphatic rings. The van der Waals surface area contributed by atoms with Crippen LogP contribution >= 0.6 is 22.6 Å². The number of halogens is 1. The van der Waals surface area contributed by atoms with Crippen molar-refractivity contribution in [2.45, 2.75) is 144 Å². The summed E-state index contributed by atoms with van der Waals surface area (Å²) in [5, 5.41) is 0. The summed E-state index contributed by atoms with van der Waals surface area (Å²) >= 11 is 2.85. The van der Waals surface area contributed by atoms with Gasteiger partial charge in [-0.1, -0.05) is 136 Å². The Morgan fingerprint density at radius 2 is 1.63 bits per heavy atom. The first-order chi connectivity index (χ1) is 16.6. The van der Waals surface area contributed by atoms with Crippen LogP contribution in [0.15, 0.2) is 24.3 Å². The first-order valence-electron chi connectivity index (χ1n) is 15.4. The predicted molar refractivity (Wildman–Crippen MR) is 170 cm³/mol. The molecule has 0 saturated heterocycles. The Kier molecular flexibility index (Phi) is 17.0. The Balaban J connectivity index is 0.00000179. The zero-order chi connectivity index (χ0) is 27.4. The number of hydrogen-bond donors (Lipinski definition) is 1. The van der Waals surface area contributed by atoms with E-state index in [0.717, 1.165) is 23.7 Å². The highest BCUT2D eigenvalue weighted by Crippen LogP contribution is 2.62. The zero-order valence-electron chi connectivity index (χ0n) is 25.7. The first kappa shape index (κ1) is 35.2. The summed E-state index contributed by atoms with van der Waals surface area (Å²) in [6.07, 6.45) is 16.8. The van der Waals surface area contributed by atoms with E-state index >= 15 is 0 Å². The molecular formula is C33H64IN. The number of fused-ring (bicyclic) bond motifs is 3. The molecule has 3 aliphatic carbocycles. The molecule has 3 rings (SSSR count). The minimum atomic E-state index is 0.335. The molecular weight excluding hydrogens is 537 g/mol. The van der Waals surface area contributed by atoms with E-state index in [1.807, 2.05) is 47.1 Å². The number of rotatable bonds is 7. The molecule has 208 valence electrons. The summed E-state index contributed by atoms with van der Waals surface area (Å²) in [7, 11) is 0. The van der Waals surface area contributed by atoms with Gasteiger partial charge < -0.3 is 5.73 Å². The van der Waals surface area contributed by atoms with Crippen LogP contribution in [0.3, 0.4) is 0 Å². The van der Waals surface area contributed by atoms with E-state index in [4.69, 9.17) is 5.73 Å². The van der Waals surface area contributed by atoms with Crippen molar-refractivity contribution < 1.29 is 0 Å². The molecule has 0 aromatic heterocycles. The third kappa shape index (κ3) is 8.33. The molecule has 0 radical (unpaired) electrons. The van der Waals surface area contributed by atoms with Gasteiger partial charge in [-0.05, 0) is 78.9 Å². The highest BCUT2D eigenvalue weighted by atomic mass is 127. The van der Waals surface area contributed by atoms with Crippen molar-refractivity contribution >= 4 is 22.6 Å². The summed E-state index contributed by atoms with van der Waals surface area (Å²) in [5.41, 5.74) is 8.92. The third-order valence-corrected chi connectivity index (χ3v) is 11.5. The summed E-state index contributed by atoms with van der Waals surface area (Å²) in [6, 6.07) is 0.436. The highest BCUT2D eigenvalue weighted by Gasteiger charge is 2.54. The molecule has 2 N–H and O–H groups in total. The van der Waals surface area contributed by atoms with Gasteiger partial charge in [0.25, 0.3) is 0 Å². The van der Waals surface area contributed by atoms with Gasteiger partial charge in [-0.2, -0.15) is 0 Å². The normalized spacial score (nSPS) is 35.2. The van der Waals surface area contributed by atoms with Crippen LogP contribution in [-0.2, 0) is 0 Å². The molecule has 0 aromatic rings. The number of nitrogens with two attached hydrogens (primary N) is 1. The minimum Gasteiger partial charge on any atom is -0.328 e. The fourth-order valence-corrected chi connectivity index (χ4v) is 8.72. The van der Waals surface area contributed by atoms with Gasteiger partial charge in [0.05, 0.1) is 0 Å². The summed E-state index contributed by atoms with van der Waals surface area (Å²) in [5.74, 6) is 3.72. The number of alkyl halides is 1. The number of hydrogen-bond acceptors (Lipinski definition) is 1. The molecule has 2 saturated carbocycles. The van der Waals surface area contributed by atoms with Gasteiger partial charge in [0.15, 0.2) is 0 Å². The Morgan fingerprint density at radius 3 is 2.17 bits per heavy atom. The lowest BCUT2D eigenvalue weighted by molar-refractivity contribution is 0.0542. The summed E-state index contributed by atoms with van der Waals surface area (Å²) in [6.45, 7) is 28.7. The molecule has 0 heterocycles. The SMILES string of the molecule is C=CC(C(C)CCCC(C)C)C1(C)CC=C2C(CCC3CC(N)CCC23C)C1I.CC.CC.CC. The molecule has 8 unspecified atom stereocenters. The van der Waals surface area contributed by atoms with Crippen LogP contribution in [-0.4, -0.2) is 9.97 Å². The second kappa shape index (κ2) is 16.9. The van der Waals surface area contributed by atoms with Gasteiger partial charge in [-0.25, -0.2) is 0 Å². The Hall–Kier alpha value is 0.170. The molecule has 0 spiro atoms.